The molecule has 10 heteroatoms. The number of amides is 3. The summed E-state index contributed by atoms with van der Waals surface area (Å²) in [6.45, 7) is 4.20. The van der Waals surface area contributed by atoms with Gasteiger partial charge in [-0.2, -0.15) is 13.2 Å². The van der Waals surface area contributed by atoms with E-state index in [2.05, 4.69) is 4.99 Å². The maximum atomic E-state index is 13.2. The van der Waals surface area contributed by atoms with Crippen molar-refractivity contribution in [1.29, 1.82) is 0 Å². The minimum Gasteiger partial charge on any atom is -0.302 e. The van der Waals surface area contributed by atoms with Gasteiger partial charge < -0.3 is 9.80 Å². The number of urea groups is 1. The van der Waals surface area contributed by atoms with Gasteiger partial charge in [0, 0.05) is 31.2 Å². The fraction of sp³-hybridized carbons (Fsp3) is 0.476. The van der Waals surface area contributed by atoms with Crippen molar-refractivity contribution in [3.8, 4) is 0 Å². The number of fused-ring (bicyclic) bond motifs is 3. The second-order valence-electron chi connectivity index (χ2n) is 7.94. The predicted octanol–water partition coefficient (Wildman–Crippen LogP) is 3.84. The van der Waals surface area contributed by atoms with Gasteiger partial charge in [0.25, 0.3) is 5.91 Å². The third-order valence-corrected chi connectivity index (χ3v) is 5.83. The van der Waals surface area contributed by atoms with Crippen LogP contribution in [0.1, 0.15) is 38.7 Å². The number of allylic oxidation sites excluding steroid dienone is 1. The summed E-state index contributed by atoms with van der Waals surface area (Å²) in [5.41, 5.74) is 0.490. The van der Waals surface area contributed by atoms with Crippen LogP contribution in [0.5, 0.6) is 0 Å². The number of alkyl halides is 3. The lowest BCUT2D eigenvalue weighted by atomic mass is 10.1. The summed E-state index contributed by atoms with van der Waals surface area (Å²) in [7, 11) is 1.62. The fourth-order valence-corrected chi connectivity index (χ4v) is 4.20. The molecule has 1 aromatic carbocycles. The highest BCUT2D eigenvalue weighted by Gasteiger charge is 2.54. The first-order valence-electron chi connectivity index (χ1n) is 10.2. The largest absolute Gasteiger partial charge is 0.416 e. The van der Waals surface area contributed by atoms with Gasteiger partial charge in [-0.15, -0.1) is 0 Å². The predicted molar refractivity (Wildman–Crippen MR) is 109 cm³/mol. The number of unbranched alkanes of at least 4 members (excludes halogenated alkanes) is 2. The van der Waals surface area contributed by atoms with E-state index in [1.807, 2.05) is 6.92 Å². The van der Waals surface area contributed by atoms with E-state index in [9.17, 15) is 22.8 Å². The minimum absolute atomic E-state index is 0.304. The molecule has 1 saturated heterocycles. The normalized spacial score (nSPS) is 23.3. The first kappa shape index (κ1) is 21.2. The molecule has 3 aliphatic heterocycles. The number of benzene rings is 1. The van der Waals surface area contributed by atoms with Crippen molar-refractivity contribution in [3.63, 3.8) is 0 Å². The number of halogens is 3. The molecule has 1 fully saturated rings. The maximum absolute atomic E-state index is 13.2. The van der Waals surface area contributed by atoms with Crippen molar-refractivity contribution in [2.45, 2.75) is 51.5 Å². The second-order valence-corrected chi connectivity index (χ2v) is 7.94. The van der Waals surface area contributed by atoms with Gasteiger partial charge in [-0.25, -0.2) is 9.79 Å². The summed E-state index contributed by atoms with van der Waals surface area (Å²) in [5.74, 6) is 0.122. The van der Waals surface area contributed by atoms with Crippen molar-refractivity contribution in [1.82, 2.24) is 14.7 Å². The number of hydrogen-bond donors (Lipinski definition) is 0. The number of guanidine groups is 1. The maximum Gasteiger partial charge on any atom is 0.416 e. The van der Waals surface area contributed by atoms with Gasteiger partial charge in [-0.3, -0.25) is 14.6 Å². The van der Waals surface area contributed by atoms with Crippen molar-refractivity contribution < 1.29 is 22.8 Å². The van der Waals surface area contributed by atoms with Crippen LogP contribution in [0.3, 0.4) is 0 Å². The minimum atomic E-state index is -4.42. The third-order valence-electron chi connectivity index (χ3n) is 5.83. The quantitative estimate of drug-likeness (QED) is 0.660. The molecule has 166 valence electrons. The van der Waals surface area contributed by atoms with Crippen LogP contribution in [0.15, 0.2) is 41.2 Å². The van der Waals surface area contributed by atoms with Crippen molar-refractivity contribution in [2.75, 3.05) is 18.5 Å². The topological polar surface area (TPSA) is 59.5 Å². The molecule has 1 aromatic rings. The van der Waals surface area contributed by atoms with Gasteiger partial charge in [-0.1, -0.05) is 19.8 Å². The summed E-state index contributed by atoms with van der Waals surface area (Å²) in [4.78, 5) is 36.7. The number of hydrogen-bond acceptors (Lipinski definition) is 5. The van der Waals surface area contributed by atoms with Crippen LogP contribution >= 0.6 is 0 Å². The van der Waals surface area contributed by atoms with E-state index in [-0.39, 0.29) is 11.9 Å². The van der Waals surface area contributed by atoms with Gasteiger partial charge in [0.2, 0.25) is 5.96 Å². The molecule has 31 heavy (non-hydrogen) atoms. The average Bonchev–Trinajstić information content (AvgIpc) is 3.23. The Morgan fingerprint density at radius 1 is 1.10 bits per heavy atom. The van der Waals surface area contributed by atoms with E-state index in [1.165, 1.54) is 21.9 Å². The van der Waals surface area contributed by atoms with Crippen molar-refractivity contribution in [2.24, 2.45) is 4.99 Å². The molecular weight excluding hydrogens is 411 g/mol. The SMILES string of the molecule is CCCCCN1C(=O)C2C(N=C3N(c4ccc(C(F)(F)F)cc4)C(C)=CN32)N(C)C1=O. The number of aliphatic imine (C=N–C) groups is 1. The lowest BCUT2D eigenvalue weighted by Gasteiger charge is -2.40. The van der Waals surface area contributed by atoms with Gasteiger partial charge in [0.1, 0.15) is 0 Å². The average molecular weight is 435 g/mol. The number of nitrogens with zero attached hydrogens (tertiary/aromatic N) is 5. The fourth-order valence-electron chi connectivity index (χ4n) is 4.20. The summed E-state index contributed by atoms with van der Waals surface area (Å²) < 4.78 is 38.8. The van der Waals surface area contributed by atoms with E-state index < -0.39 is 23.9 Å². The van der Waals surface area contributed by atoms with E-state index in [0.29, 0.717) is 18.2 Å². The molecule has 0 spiro atoms. The molecule has 7 nitrogen and oxygen atoms in total. The van der Waals surface area contributed by atoms with Gasteiger partial charge in [-0.05, 0) is 37.6 Å². The van der Waals surface area contributed by atoms with E-state index >= 15 is 0 Å². The highest BCUT2D eigenvalue weighted by Crippen LogP contribution is 2.37. The Balaban J connectivity index is 1.62. The number of carbonyl (C=O) groups is 2. The second kappa shape index (κ2) is 7.58. The van der Waals surface area contributed by atoms with Crippen LogP contribution in [0.2, 0.25) is 0 Å². The highest BCUT2D eigenvalue weighted by molar-refractivity contribution is 6.09. The van der Waals surface area contributed by atoms with E-state index in [4.69, 9.17) is 0 Å². The van der Waals surface area contributed by atoms with Crippen LogP contribution in [0.4, 0.5) is 23.7 Å². The number of imide groups is 1. The van der Waals surface area contributed by atoms with E-state index in [0.717, 1.165) is 37.1 Å². The molecule has 3 heterocycles. The molecule has 3 aliphatic rings. The zero-order valence-electron chi connectivity index (χ0n) is 17.6. The Morgan fingerprint density at radius 3 is 2.39 bits per heavy atom. The zero-order chi connectivity index (χ0) is 22.5. The Hall–Kier alpha value is -3.04. The van der Waals surface area contributed by atoms with Crippen LogP contribution in [-0.4, -0.2) is 58.4 Å². The zero-order valence-corrected chi connectivity index (χ0v) is 17.6. The van der Waals surface area contributed by atoms with Crippen molar-refractivity contribution in [3.05, 3.63) is 41.7 Å². The molecule has 0 bridgehead atoms. The van der Waals surface area contributed by atoms with Gasteiger partial charge in [0.05, 0.1) is 5.56 Å². The van der Waals surface area contributed by atoms with Crippen LogP contribution < -0.4 is 4.90 Å². The lowest BCUT2D eigenvalue weighted by Crippen LogP contribution is -2.64. The molecule has 2 unspecified atom stereocenters. The van der Waals surface area contributed by atoms with Crippen LogP contribution in [-0.2, 0) is 11.0 Å². The Morgan fingerprint density at radius 2 is 1.77 bits per heavy atom. The Kier molecular flexibility index (Phi) is 5.18. The van der Waals surface area contributed by atoms with Crippen LogP contribution in [0.25, 0.3) is 0 Å². The Labute approximate surface area is 178 Å². The lowest BCUT2D eigenvalue weighted by molar-refractivity contribution is -0.138. The summed E-state index contributed by atoms with van der Waals surface area (Å²) in [6, 6.07) is 3.72. The summed E-state index contributed by atoms with van der Waals surface area (Å²) in [6.07, 6.45) is -0.717. The van der Waals surface area contributed by atoms with Gasteiger partial charge >= 0.3 is 12.2 Å². The summed E-state index contributed by atoms with van der Waals surface area (Å²) in [5, 5.41) is 0. The number of likely N-dealkylation sites (N-methyl/N-ethyl adjacent to an activating group) is 1. The molecule has 0 radical (unpaired) electrons. The highest BCUT2D eigenvalue weighted by atomic mass is 19.4. The van der Waals surface area contributed by atoms with Crippen molar-refractivity contribution >= 4 is 23.6 Å². The standard InChI is InChI=1S/C21H24F3N5O2/c1-4-5-6-11-27-18(30)16-17(26(3)20(27)31)25-19-28(16)12-13(2)29(19)15-9-7-14(8-10-15)21(22,23)24/h7-10,12,16-17H,4-6,11H2,1-3H3. The number of anilines is 1. The molecule has 0 N–H and O–H groups in total. The molecule has 0 aromatic heterocycles. The molecule has 4 rings (SSSR count). The summed E-state index contributed by atoms with van der Waals surface area (Å²) >= 11 is 0. The molecule has 3 amide bonds. The monoisotopic (exact) mass is 435 g/mol. The smallest absolute Gasteiger partial charge is 0.302 e. The first-order chi connectivity index (χ1) is 14.6. The first-order valence-corrected chi connectivity index (χ1v) is 10.2. The number of carbonyl (C=O) groups excluding carboxylic acids is 2. The molecule has 0 saturated carbocycles. The van der Waals surface area contributed by atoms with Gasteiger partial charge in [0.15, 0.2) is 12.2 Å². The molecule has 0 aliphatic carbocycles. The third kappa shape index (κ3) is 3.43. The van der Waals surface area contributed by atoms with E-state index in [1.54, 1.807) is 30.0 Å². The Bertz CT molecular complexity index is 957. The van der Waals surface area contributed by atoms with Crippen LogP contribution in [0, 0.1) is 0 Å². The number of rotatable bonds is 5. The molecule has 2 atom stereocenters. The molecular formula is C21H24F3N5O2.